The molecular formula is C27H25F6N3S. The number of nitrogens with one attached hydrogen (secondary N) is 1. The van der Waals surface area contributed by atoms with Crippen molar-refractivity contribution in [3.05, 3.63) is 70.2 Å². The van der Waals surface area contributed by atoms with Crippen LogP contribution in [0.5, 0.6) is 0 Å². The second kappa shape index (κ2) is 10.7. The van der Waals surface area contributed by atoms with Crippen molar-refractivity contribution >= 4 is 11.3 Å². The van der Waals surface area contributed by atoms with Crippen molar-refractivity contribution in [1.82, 2.24) is 15.2 Å². The maximum Gasteiger partial charge on any atom is 0.432 e. The minimum atomic E-state index is -4.65. The standard InChI is InChI=1S/C27H25F6N3S/c1-3-4-5-6-7-17-10-11-37-25(17)18-13-21(19-9-8-16(2)12-20(19)26(28,29)30)34-22(14-18)23-15-24(36-35-23)27(31,32)33/h8-15H,3-7H2,1-2H3,(H,35,36). The highest BCUT2D eigenvalue weighted by Gasteiger charge is 2.35. The minimum absolute atomic E-state index is 0.0155. The first-order chi connectivity index (χ1) is 17.5. The zero-order chi connectivity index (χ0) is 26.8. The van der Waals surface area contributed by atoms with E-state index in [1.54, 1.807) is 25.1 Å². The van der Waals surface area contributed by atoms with E-state index in [0.29, 0.717) is 11.1 Å². The highest BCUT2D eigenvalue weighted by molar-refractivity contribution is 7.13. The van der Waals surface area contributed by atoms with Crippen LogP contribution in [0.2, 0.25) is 0 Å². The maximum atomic E-state index is 13.9. The van der Waals surface area contributed by atoms with Gasteiger partial charge in [-0.2, -0.15) is 31.4 Å². The van der Waals surface area contributed by atoms with E-state index in [2.05, 4.69) is 17.0 Å². The molecule has 0 aliphatic rings. The lowest BCUT2D eigenvalue weighted by Gasteiger charge is -2.15. The van der Waals surface area contributed by atoms with Gasteiger partial charge in [0.1, 0.15) is 11.4 Å². The zero-order valence-electron chi connectivity index (χ0n) is 20.2. The molecule has 0 fully saturated rings. The van der Waals surface area contributed by atoms with Gasteiger partial charge in [0, 0.05) is 10.4 Å². The highest BCUT2D eigenvalue weighted by atomic mass is 32.1. The summed E-state index contributed by atoms with van der Waals surface area (Å²) in [7, 11) is 0. The molecule has 37 heavy (non-hydrogen) atoms. The van der Waals surface area contributed by atoms with Gasteiger partial charge in [-0.15, -0.1) is 11.3 Å². The number of rotatable bonds is 8. The molecule has 4 aromatic rings. The van der Waals surface area contributed by atoms with E-state index in [4.69, 9.17) is 0 Å². The van der Waals surface area contributed by atoms with Gasteiger partial charge in [0.15, 0.2) is 0 Å². The van der Waals surface area contributed by atoms with E-state index in [9.17, 15) is 26.3 Å². The number of aryl methyl sites for hydroxylation is 2. The van der Waals surface area contributed by atoms with Crippen LogP contribution in [0.4, 0.5) is 26.3 Å². The average Bonchev–Trinajstić information content (AvgIpc) is 3.51. The first kappa shape index (κ1) is 26.9. The molecule has 0 unspecified atom stereocenters. The van der Waals surface area contributed by atoms with Crippen LogP contribution in [0.25, 0.3) is 33.1 Å². The Hall–Kier alpha value is -3.14. The van der Waals surface area contributed by atoms with Crippen molar-refractivity contribution in [2.24, 2.45) is 0 Å². The van der Waals surface area contributed by atoms with Crippen LogP contribution in [0.1, 0.15) is 55.0 Å². The average molecular weight is 538 g/mol. The smallest absolute Gasteiger partial charge is 0.273 e. The van der Waals surface area contributed by atoms with Crippen LogP contribution in [0.15, 0.2) is 47.8 Å². The Morgan fingerprint density at radius 2 is 1.59 bits per heavy atom. The number of unbranched alkanes of at least 4 members (excludes halogenated alkanes) is 3. The zero-order valence-corrected chi connectivity index (χ0v) is 21.0. The number of halogens is 6. The molecule has 196 valence electrons. The van der Waals surface area contributed by atoms with Crippen molar-refractivity contribution in [3.63, 3.8) is 0 Å². The number of alkyl halides is 6. The first-order valence-corrected chi connectivity index (χ1v) is 12.8. The number of benzene rings is 1. The molecule has 3 aromatic heterocycles. The molecule has 4 rings (SSSR count). The number of nitrogens with zero attached hydrogens (tertiary/aromatic N) is 2. The Labute approximate surface area is 214 Å². The summed E-state index contributed by atoms with van der Waals surface area (Å²) in [4.78, 5) is 5.21. The fourth-order valence-corrected chi connectivity index (χ4v) is 5.12. The third-order valence-electron chi connectivity index (χ3n) is 6.04. The van der Waals surface area contributed by atoms with Crippen LogP contribution in [0.3, 0.4) is 0 Å². The third kappa shape index (κ3) is 6.23. The summed E-state index contributed by atoms with van der Waals surface area (Å²) >= 11 is 1.44. The van der Waals surface area contributed by atoms with Gasteiger partial charge in [-0.1, -0.05) is 43.9 Å². The minimum Gasteiger partial charge on any atom is -0.273 e. The fraction of sp³-hybridized carbons (Fsp3) is 0.333. The molecule has 1 aromatic carbocycles. The van der Waals surface area contributed by atoms with Crippen LogP contribution >= 0.6 is 11.3 Å². The number of aromatic nitrogens is 3. The molecule has 3 nitrogen and oxygen atoms in total. The maximum absolute atomic E-state index is 13.9. The van der Waals surface area contributed by atoms with E-state index in [0.717, 1.165) is 54.7 Å². The van der Waals surface area contributed by atoms with Gasteiger partial charge in [0.25, 0.3) is 0 Å². The topological polar surface area (TPSA) is 41.6 Å². The quantitative estimate of drug-likeness (QED) is 0.180. The third-order valence-corrected chi connectivity index (χ3v) is 7.04. The van der Waals surface area contributed by atoms with E-state index < -0.39 is 23.6 Å². The van der Waals surface area contributed by atoms with Crippen LogP contribution in [-0.4, -0.2) is 15.2 Å². The van der Waals surface area contributed by atoms with E-state index in [-0.39, 0.29) is 22.6 Å². The monoisotopic (exact) mass is 537 g/mol. The van der Waals surface area contributed by atoms with Crippen molar-refractivity contribution in [2.75, 3.05) is 0 Å². The van der Waals surface area contributed by atoms with Crippen molar-refractivity contribution in [2.45, 2.75) is 58.3 Å². The summed E-state index contributed by atoms with van der Waals surface area (Å²) in [6, 6.07) is 9.90. The summed E-state index contributed by atoms with van der Waals surface area (Å²) in [5, 5.41) is 7.63. The molecule has 0 aliphatic heterocycles. The lowest BCUT2D eigenvalue weighted by molar-refractivity contribution is -0.141. The molecular weight excluding hydrogens is 512 g/mol. The molecule has 1 N–H and O–H groups in total. The van der Waals surface area contributed by atoms with E-state index in [1.165, 1.54) is 17.4 Å². The predicted molar refractivity (Wildman–Crippen MR) is 133 cm³/mol. The van der Waals surface area contributed by atoms with Gasteiger partial charge < -0.3 is 0 Å². The molecule has 10 heteroatoms. The van der Waals surface area contributed by atoms with Crippen LogP contribution < -0.4 is 0 Å². The lowest BCUT2D eigenvalue weighted by Crippen LogP contribution is -2.08. The Morgan fingerprint density at radius 1 is 0.838 bits per heavy atom. The second-order valence-corrected chi connectivity index (χ2v) is 9.84. The van der Waals surface area contributed by atoms with E-state index >= 15 is 0 Å². The second-order valence-electron chi connectivity index (χ2n) is 8.92. The summed E-state index contributed by atoms with van der Waals surface area (Å²) in [6.45, 7) is 3.68. The number of aromatic amines is 1. The molecule has 0 atom stereocenters. The summed E-state index contributed by atoms with van der Waals surface area (Å²) < 4.78 is 81.4. The molecule has 0 saturated heterocycles. The molecule has 3 heterocycles. The number of thiophene rings is 1. The molecule has 0 bridgehead atoms. The van der Waals surface area contributed by atoms with Gasteiger partial charge in [0.05, 0.1) is 17.0 Å². The Bertz CT molecular complexity index is 1370. The largest absolute Gasteiger partial charge is 0.432 e. The SMILES string of the molecule is CCCCCCc1ccsc1-c1cc(-c2cc(C(F)(F)F)[nH]n2)nc(-c2ccc(C)cc2C(F)(F)F)c1. The normalized spacial score (nSPS) is 12.3. The Morgan fingerprint density at radius 3 is 2.27 bits per heavy atom. The summed E-state index contributed by atoms with van der Waals surface area (Å²) in [5.41, 5.74) is -0.0246. The predicted octanol–water partition coefficient (Wildman–Crippen LogP) is 9.34. The molecule has 0 saturated carbocycles. The van der Waals surface area contributed by atoms with Gasteiger partial charge in [-0.3, -0.25) is 5.10 Å². The number of pyridine rings is 1. The number of hydrogen-bond donors (Lipinski definition) is 1. The van der Waals surface area contributed by atoms with Gasteiger partial charge >= 0.3 is 12.4 Å². The van der Waals surface area contributed by atoms with Crippen molar-refractivity contribution in [1.29, 1.82) is 0 Å². The molecule has 0 aliphatic carbocycles. The van der Waals surface area contributed by atoms with Crippen molar-refractivity contribution in [3.8, 4) is 33.1 Å². The first-order valence-electron chi connectivity index (χ1n) is 11.9. The lowest BCUT2D eigenvalue weighted by atomic mass is 9.97. The van der Waals surface area contributed by atoms with Crippen LogP contribution in [0, 0.1) is 6.92 Å². The molecule has 0 spiro atoms. The van der Waals surface area contributed by atoms with Gasteiger partial charge in [-0.25, -0.2) is 4.98 Å². The van der Waals surface area contributed by atoms with Gasteiger partial charge in [-0.05, 0) is 66.6 Å². The van der Waals surface area contributed by atoms with E-state index in [1.807, 2.05) is 16.5 Å². The summed E-state index contributed by atoms with van der Waals surface area (Å²) in [5.74, 6) is 0. The highest BCUT2D eigenvalue weighted by Crippen LogP contribution is 2.41. The van der Waals surface area contributed by atoms with Crippen molar-refractivity contribution < 1.29 is 26.3 Å². The fourth-order valence-electron chi connectivity index (χ4n) is 4.17. The molecule has 0 radical (unpaired) electrons. The van der Waals surface area contributed by atoms with Gasteiger partial charge in [0.2, 0.25) is 0 Å². The molecule has 0 amide bonds. The Kier molecular flexibility index (Phi) is 7.77. The summed E-state index contributed by atoms with van der Waals surface area (Å²) in [6.07, 6.45) is -4.26. The Balaban J connectivity index is 1.87. The number of hydrogen-bond acceptors (Lipinski definition) is 3. The number of H-pyrrole nitrogens is 1. The van der Waals surface area contributed by atoms with Crippen LogP contribution in [-0.2, 0) is 18.8 Å².